The second-order valence-electron chi connectivity index (χ2n) is 4.55. The van der Waals surface area contributed by atoms with Crippen LogP contribution in [-0.4, -0.2) is 13.7 Å². The highest BCUT2D eigenvalue weighted by atomic mass is 16.5. The standard InChI is InChI=1S/C13H19NO/c1-8-5-11(12-10(3)7-14-12)6-9(2)13(8)15-4/h5-6,10,12,14H,7H2,1-4H3. The highest BCUT2D eigenvalue weighted by molar-refractivity contribution is 5.44. The van der Waals surface area contributed by atoms with Gasteiger partial charge in [0.05, 0.1) is 7.11 Å². The van der Waals surface area contributed by atoms with Gasteiger partial charge in [0, 0.05) is 12.6 Å². The molecule has 1 fully saturated rings. The van der Waals surface area contributed by atoms with Crippen LogP contribution in [0.3, 0.4) is 0 Å². The van der Waals surface area contributed by atoms with E-state index in [9.17, 15) is 0 Å². The van der Waals surface area contributed by atoms with Crippen LogP contribution in [-0.2, 0) is 0 Å². The van der Waals surface area contributed by atoms with Gasteiger partial charge in [-0.2, -0.15) is 0 Å². The maximum atomic E-state index is 5.37. The molecule has 0 aromatic heterocycles. The van der Waals surface area contributed by atoms with E-state index in [0.717, 1.165) is 18.2 Å². The lowest BCUT2D eigenvalue weighted by Crippen LogP contribution is -2.43. The third-order valence-corrected chi connectivity index (χ3v) is 3.27. The third kappa shape index (κ3) is 1.74. The van der Waals surface area contributed by atoms with Crippen LogP contribution in [0.2, 0.25) is 0 Å². The van der Waals surface area contributed by atoms with Crippen molar-refractivity contribution >= 4 is 0 Å². The Hall–Kier alpha value is -1.02. The predicted molar refractivity (Wildman–Crippen MR) is 62.4 cm³/mol. The first kappa shape index (κ1) is 10.5. The Morgan fingerprint density at radius 1 is 1.27 bits per heavy atom. The smallest absolute Gasteiger partial charge is 0.124 e. The average molecular weight is 205 g/mol. The second kappa shape index (κ2) is 3.86. The van der Waals surface area contributed by atoms with Gasteiger partial charge in [-0.1, -0.05) is 19.1 Å². The first-order valence-electron chi connectivity index (χ1n) is 5.52. The van der Waals surface area contributed by atoms with Crippen molar-refractivity contribution in [2.45, 2.75) is 26.8 Å². The fourth-order valence-electron chi connectivity index (χ4n) is 2.40. The van der Waals surface area contributed by atoms with Gasteiger partial charge >= 0.3 is 0 Å². The van der Waals surface area contributed by atoms with Gasteiger partial charge < -0.3 is 10.1 Å². The maximum absolute atomic E-state index is 5.37. The quantitative estimate of drug-likeness (QED) is 0.801. The van der Waals surface area contributed by atoms with E-state index in [1.165, 1.54) is 16.7 Å². The minimum atomic E-state index is 0.535. The zero-order chi connectivity index (χ0) is 11.0. The first-order valence-corrected chi connectivity index (χ1v) is 5.52. The van der Waals surface area contributed by atoms with Crippen LogP contribution in [0.15, 0.2) is 12.1 Å². The number of benzene rings is 1. The number of nitrogens with one attached hydrogen (secondary N) is 1. The molecule has 1 aliphatic heterocycles. The summed E-state index contributed by atoms with van der Waals surface area (Å²) in [6, 6.07) is 5.01. The molecule has 82 valence electrons. The SMILES string of the molecule is COc1c(C)cc(C2NCC2C)cc1C. The molecule has 1 saturated heterocycles. The van der Waals surface area contributed by atoms with E-state index in [0.29, 0.717) is 6.04 Å². The highest BCUT2D eigenvalue weighted by Gasteiger charge is 2.28. The van der Waals surface area contributed by atoms with Gasteiger partial charge in [-0.05, 0) is 36.5 Å². The number of methoxy groups -OCH3 is 1. The fraction of sp³-hybridized carbons (Fsp3) is 0.538. The van der Waals surface area contributed by atoms with Gasteiger partial charge in [0.2, 0.25) is 0 Å². The molecule has 2 atom stereocenters. The molecule has 1 aromatic rings. The summed E-state index contributed by atoms with van der Waals surface area (Å²) in [4.78, 5) is 0. The van der Waals surface area contributed by atoms with Crippen molar-refractivity contribution in [2.75, 3.05) is 13.7 Å². The Kier molecular flexibility index (Phi) is 2.70. The van der Waals surface area contributed by atoms with Gasteiger partial charge in [-0.15, -0.1) is 0 Å². The minimum Gasteiger partial charge on any atom is -0.496 e. The first-order chi connectivity index (χ1) is 7.13. The summed E-state index contributed by atoms with van der Waals surface area (Å²) < 4.78 is 5.37. The number of ether oxygens (including phenoxy) is 1. The van der Waals surface area contributed by atoms with Gasteiger partial charge in [-0.25, -0.2) is 0 Å². The predicted octanol–water partition coefficient (Wildman–Crippen LogP) is 2.59. The molecule has 1 N–H and O–H groups in total. The molecule has 1 aromatic carbocycles. The molecular formula is C13H19NO. The lowest BCUT2D eigenvalue weighted by atomic mass is 9.86. The fourth-order valence-corrected chi connectivity index (χ4v) is 2.40. The summed E-state index contributed by atoms with van der Waals surface area (Å²) >= 11 is 0. The molecule has 2 rings (SSSR count). The van der Waals surface area contributed by atoms with Crippen molar-refractivity contribution in [3.05, 3.63) is 28.8 Å². The lowest BCUT2D eigenvalue weighted by Gasteiger charge is -2.36. The van der Waals surface area contributed by atoms with E-state index in [-0.39, 0.29) is 0 Å². The van der Waals surface area contributed by atoms with E-state index >= 15 is 0 Å². The Bertz CT molecular complexity index is 350. The number of hydrogen-bond donors (Lipinski definition) is 1. The molecule has 0 radical (unpaired) electrons. The maximum Gasteiger partial charge on any atom is 0.124 e. The van der Waals surface area contributed by atoms with Crippen LogP contribution < -0.4 is 10.1 Å². The third-order valence-electron chi connectivity index (χ3n) is 3.27. The van der Waals surface area contributed by atoms with Crippen molar-refractivity contribution in [3.8, 4) is 5.75 Å². The topological polar surface area (TPSA) is 21.3 Å². The summed E-state index contributed by atoms with van der Waals surface area (Å²) in [5, 5.41) is 3.46. The Balaban J connectivity index is 2.34. The molecular weight excluding hydrogens is 186 g/mol. The van der Waals surface area contributed by atoms with Crippen LogP contribution in [0, 0.1) is 19.8 Å². The Morgan fingerprint density at radius 3 is 2.20 bits per heavy atom. The molecule has 1 heterocycles. The summed E-state index contributed by atoms with van der Waals surface area (Å²) in [6.45, 7) is 7.64. The molecule has 2 heteroatoms. The van der Waals surface area contributed by atoms with Gasteiger partial charge in [0.25, 0.3) is 0 Å². The number of aryl methyl sites for hydroxylation is 2. The number of rotatable bonds is 2. The van der Waals surface area contributed by atoms with Crippen molar-refractivity contribution in [2.24, 2.45) is 5.92 Å². The Morgan fingerprint density at radius 2 is 1.87 bits per heavy atom. The van der Waals surface area contributed by atoms with E-state index in [2.05, 4.69) is 38.2 Å². The minimum absolute atomic E-state index is 0.535. The van der Waals surface area contributed by atoms with Gasteiger partial charge in [0.1, 0.15) is 5.75 Å². The summed E-state index contributed by atoms with van der Waals surface area (Å²) in [6.07, 6.45) is 0. The molecule has 0 saturated carbocycles. The molecule has 2 unspecified atom stereocenters. The van der Waals surface area contributed by atoms with Crippen LogP contribution in [0.1, 0.15) is 29.7 Å². The van der Waals surface area contributed by atoms with E-state index in [1.807, 2.05) is 0 Å². The van der Waals surface area contributed by atoms with Gasteiger partial charge in [0.15, 0.2) is 0 Å². The normalized spacial score (nSPS) is 24.8. The van der Waals surface area contributed by atoms with E-state index in [1.54, 1.807) is 7.11 Å². The molecule has 0 spiro atoms. The summed E-state index contributed by atoms with van der Waals surface area (Å²) in [5.41, 5.74) is 3.85. The molecule has 0 aliphatic carbocycles. The second-order valence-corrected chi connectivity index (χ2v) is 4.55. The van der Waals surface area contributed by atoms with Crippen LogP contribution in [0.4, 0.5) is 0 Å². The molecule has 0 bridgehead atoms. The Labute approximate surface area is 91.6 Å². The summed E-state index contributed by atoms with van der Waals surface area (Å²) in [7, 11) is 1.74. The van der Waals surface area contributed by atoms with E-state index in [4.69, 9.17) is 4.74 Å². The van der Waals surface area contributed by atoms with Crippen molar-refractivity contribution < 1.29 is 4.74 Å². The number of hydrogen-bond acceptors (Lipinski definition) is 2. The lowest BCUT2D eigenvalue weighted by molar-refractivity contribution is 0.258. The van der Waals surface area contributed by atoms with Crippen molar-refractivity contribution in [3.63, 3.8) is 0 Å². The van der Waals surface area contributed by atoms with Crippen molar-refractivity contribution in [1.29, 1.82) is 0 Å². The average Bonchev–Trinajstić information content (AvgIpc) is 2.15. The van der Waals surface area contributed by atoms with Crippen LogP contribution in [0.5, 0.6) is 5.75 Å². The monoisotopic (exact) mass is 205 g/mol. The highest BCUT2D eigenvalue weighted by Crippen LogP contribution is 2.33. The van der Waals surface area contributed by atoms with E-state index < -0.39 is 0 Å². The summed E-state index contributed by atoms with van der Waals surface area (Å²) in [5.74, 6) is 1.77. The van der Waals surface area contributed by atoms with Crippen LogP contribution >= 0.6 is 0 Å². The molecule has 15 heavy (non-hydrogen) atoms. The molecule has 2 nitrogen and oxygen atoms in total. The molecule has 0 amide bonds. The van der Waals surface area contributed by atoms with Crippen LogP contribution in [0.25, 0.3) is 0 Å². The van der Waals surface area contributed by atoms with Gasteiger partial charge in [-0.3, -0.25) is 0 Å². The largest absolute Gasteiger partial charge is 0.496 e. The van der Waals surface area contributed by atoms with Crippen molar-refractivity contribution in [1.82, 2.24) is 5.32 Å². The molecule has 1 aliphatic rings. The zero-order valence-corrected chi connectivity index (χ0v) is 9.92. The zero-order valence-electron chi connectivity index (χ0n) is 9.92.